The fourth-order valence-electron chi connectivity index (χ4n) is 0.438. The van der Waals surface area contributed by atoms with Crippen LogP contribution >= 0.6 is 0 Å². The van der Waals surface area contributed by atoms with Gasteiger partial charge in [0.2, 0.25) is 0 Å². The van der Waals surface area contributed by atoms with E-state index >= 15 is 0 Å². The Morgan fingerprint density at radius 2 is 0.833 bits per heavy atom. The van der Waals surface area contributed by atoms with E-state index in [1.54, 1.807) is 0 Å². The quantitative estimate of drug-likeness (QED) is 0.317. The number of rotatable bonds is 0. The zero-order valence-corrected chi connectivity index (χ0v) is 11.0. The summed E-state index contributed by atoms with van der Waals surface area (Å²) in [6, 6.07) is 0. The maximum absolute atomic E-state index is 3.23. The molecule has 0 amide bonds. The fourth-order valence-corrected chi connectivity index (χ4v) is 1.31. The van der Waals surface area contributed by atoms with Gasteiger partial charge >= 0.3 is 0 Å². The third-order valence-corrected chi connectivity index (χ3v) is 2.69. The molecule has 0 saturated carbocycles. The minimum absolute atomic E-state index is 1.20. The largest absolute Gasteiger partial charge is 0.130 e. The number of hydrogen-bond donors (Lipinski definition) is 0. The summed E-state index contributed by atoms with van der Waals surface area (Å²) in [6.07, 6.45) is 0. The van der Waals surface area contributed by atoms with Crippen molar-refractivity contribution in [3.05, 3.63) is 0 Å². The lowest BCUT2D eigenvalue weighted by molar-refractivity contribution is 1.81. The summed E-state index contributed by atoms with van der Waals surface area (Å²) in [6.45, 7) is 13.4. The molecule has 0 nitrogen and oxygen atoms in total. The predicted molar refractivity (Wildman–Crippen MR) is 62.2 cm³/mol. The SMILES string of the molecule is C[Si](C)(C)[13C]#CC#[13C][Si](C)(C)C. The fraction of sp³-hybridized carbons (Fsp3) is 0.600. The molecule has 0 spiro atoms. The standard InChI is InChI=1S/C10H18Si2/c1-11(2,3)9-7-8-10-12(4,5)6/h1-6H3/i9+1,10+1. The monoisotopic (exact) mass is 196 g/mol. The van der Waals surface area contributed by atoms with Gasteiger partial charge in [0.15, 0.2) is 0 Å². The zero-order chi connectivity index (χ0) is 9.83. The van der Waals surface area contributed by atoms with E-state index in [-0.39, 0.29) is 0 Å². The van der Waals surface area contributed by atoms with Gasteiger partial charge in [0, 0.05) is 0 Å². The summed E-state index contributed by atoms with van der Waals surface area (Å²) < 4.78 is 0. The third-order valence-electron chi connectivity index (χ3n) is 0.938. The second-order valence-corrected chi connectivity index (χ2v) is 14.5. The second kappa shape index (κ2) is 3.98. The molecule has 0 fully saturated rings. The molecule has 12 heavy (non-hydrogen) atoms. The van der Waals surface area contributed by atoms with Gasteiger partial charge in [-0.1, -0.05) is 39.3 Å². The normalized spacial score (nSPS) is 10.8. The summed E-state index contributed by atoms with van der Waals surface area (Å²) in [5.41, 5.74) is 6.46. The summed E-state index contributed by atoms with van der Waals surface area (Å²) >= 11 is 0. The van der Waals surface area contributed by atoms with Crippen molar-refractivity contribution in [3.8, 4) is 22.9 Å². The van der Waals surface area contributed by atoms with E-state index in [1.165, 1.54) is 0 Å². The minimum atomic E-state index is -1.20. The lowest BCUT2D eigenvalue weighted by Gasteiger charge is -2.03. The lowest BCUT2D eigenvalue weighted by atomic mass is 10.9. The van der Waals surface area contributed by atoms with Crippen LogP contribution in [0.3, 0.4) is 0 Å². The molecular formula is C10H18Si2. The van der Waals surface area contributed by atoms with Gasteiger partial charge < -0.3 is 0 Å². The first-order chi connectivity index (χ1) is 5.21. The van der Waals surface area contributed by atoms with Crippen LogP contribution in [0.1, 0.15) is 0 Å². The van der Waals surface area contributed by atoms with Crippen LogP contribution < -0.4 is 0 Å². The highest BCUT2D eigenvalue weighted by molar-refractivity contribution is 6.84. The highest BCUT2D eigenvalue weighted by Crippen LogP contribution is 1.97. The van der Waals surface area contributed by atoms with Crippen LogP contribution in [0.5, 0.6) is 0 Å². The van der Waals surface area contributed by atoms with Gasteiger partial charge in [0.05, 0.1) is 0 Å². The molecule has 0 radical (unpaired) electrons. The highest BCUT2D eigenvalue weighted by Gasteiger charge is 2.08. The van der Waals surface area contributed by atoms with Crippen molar-refractivity contribution >= 4 is 16.1 Å². The first kappa shape index (κ1) is 11.6. The van der Waals surface area contributed by atoms with E-state index in [4.69, 9.17) is 0 Å². The van der Waals surface area contributed by atoms with Crippen molar-refractivity contribution in [1.82, 2.24) is 0 Å². The second-order valence-electron chi connectivity index (χ2n) is 5.00. The molecule has 0 bridgehead atoms. The van der Waals surface area contributed by atoms with E-state index < -0.39 is 16.1 Å². The molecular weight excluding hydrogens is 178 g/mol. The van der Waals surface area contributed by atoms with E-state index in [2.05, 4.69) is 62.2 Å². The maximum Gasteiger partial charge on any atom is 0.130 e. The van der Waals surface area contributed by atoms with Gasteiger partial charge in [0.1, 0.15) is 16.1 Å². The van der Waals surface area contributed by atoms with Crippen molar-refractivity contribution < 1.29 is 0 Å². The summed E-state index contributed by atoms with van der Waals surface area (Å²) in [7, 11) is -2.40. The van der Waals surface area contributed by atoms with Gasteiger partial charge in [-0.25, -0.2) is 0 Å². The summed E-state index contributed by atoms with van der Waals surface area (Å²) in [5.74, 6) is 5.93. The molecule has 0 saturated heterocycles. The first-order valence-corrected chi connectivity index (χ1v) is 11.2. The molecule has 0 aliphatic heterocycles. The van der Waals surface area contributed by atoms with E-state index in [0.717, 1.165) is 0 Å². The average Bonchev–Trinajstić information content (AvgIpc) is 1.76. The molecule has 0 atom stereocenters. The Morgan fingerprint density at radius 1 is 0.583 bits per heavy atom. The van der Waals surface area contributed by atoms with Crippen LogP contribution in [-0.4, -0.2) is 16.1 Å². The van der Waals surface area contributed by atoms with E-state index in [1.807, 2.05) is 0 Å². The molecule has 0 aromatic carbocycles. The van der Waals surface area contributed by atoms with Gasteiger partial charge in [-0.05, 0) is 11.8 Å². The average molecular weight is 196 g/mol. The molecule has 0 aromatic heterocycles. The zero-order valence-electron chi connectivity index (χ0n) is 9.00. The minimum Gasteiger partial charge on any atom is -0.118 e. The van der Waals surface area contributed by atoms with Crippen LogP contribution in [0.4, 0.5) is 0 Å². The lowest BCUT2D eigenvalue weighted by Crippen LogP contribution is -2.17. The Bertz CT molecular complexity index is 225. The Kier molecular flexibility index (Phi) is 3.83. The Morgan fingerprint density at radius 3 is 1.00 bits per heavy atom. The van der Waals surface area contributed by atoms with Gasteiger partial charge in [-0.3, -0.25) is 0 Å². The Hall–Kier alpha value is -0.446. The smallest absolute Gasteiger partial charge is 0.118 e. The maximum atomic E-state index is 3.23. The summed E-state index contributed by atoms with van der Waals surface area (Å²) in [4.78, 5) is 0. The Balaban J connectivity index is 4.27. The molecule has 0 aliphatic rings. The van der Waals surface area contributed by atoms with Crippen LogP contribution in [0, 0.1) is 22.9 Å². The molecule has 0 aromatic rings. The van der Waals surface area contributed by atoms with Crippen molar-refractivity contribution in [2.24, 2.45) is 0 Å². The van der Waals surface area contributed by atoms with Crippen molar-refractivity contribution in [2.45, 2.75) is 39.3 Å². The van der Waals surface area contributed by atoms with Crippen LogP contribution in [-0.2, 0) is 0 Å². The topological polar surface area (TPSA) is 0 Å². The van der Waals surface area contributed by atoms with Crippen LogP contribution in [0.25, 0.3) is 0 Å². The van der Waals surface area contributed by atoms with E-state index in [0.29, 0.717) is 0 Å². The molecule has 0 aliphatic carbocycles. The molecule has 0 unspecified atom stereocenters. The van der Waals surface area contributed by atoms with Gasteiger partial charge in [0.25, 0.3) is 0 Å². The summed E-state index contributed by atoms with van der Waals surface area (Å²) in [5, 5.41) is 0. The molecule has 2 heteroatoms. The van der Waals surface area contributed by atoms with Gasteiger partial charge in [-0.2, -0.15) is 0 Å². The van der Waals surface area contributed by atoms with Gasteiger partial charge in [-0.15, -0.1) is 11.1 Å². The van der Waals surface area contributed by atoms with Crippen molar-refractivity contribution in [2.75, 3.05) is 0 Å². The first-order valence-electron chi connectivity index (χ1n) is 4.25. The van der Waals surface area contributed by atoms with Crippen LogP contribution in [0.15, 0.2) is 0 Å². The Labute approximate surface area is 78.8 Å². The van der Waals surface area contributed by atoms with Crippen LogP contribution in [0.2, 0.25) is 39.3 Å². The molecule has 0 rings (SSSR count). The van der Waals surface area contributed by atoms with Crippen molar-refractivity contribution in [3.63, 3.8) is 0 Å². The number of hydrogen-bond acceptors (Lipinski definition) is 0. The molecule has 66 valence electrons. The van der Waals surface area contributed by atoms with E-state index in [9.17, 15) is 0 Å². The third kappa shape index (κ3) is 9.55. The molecule has 0 N–H and O–H groups in total. The predicted octanol–water partition coefficient (Wildman–Crippen LogP) is 2.75. The molecule has 0 heterocycles. The highest BCUT2D eigenvalue weighted by atomic mass is 28.3. The van der Waals surface area contributed by atoms with Crippen molar-refractivity contribution in [1.29, 1.82) is 0 Å².